The molecule has 6 heteroatoms. The van der Waals surface area contributed by atoms with Crippen LogP contribution < -0.4 is 5.32 Å². The quantitative estimate of drug-likeness (QED) is 0.579. The fourth-order valence-corrected chi connectivity index (χ4v) is 3.53. The molecule has 3 aromatic rings. The first-order valence-corrected chi connectivity index (χ1v) is 8.92. The summed E-state index contributed by atoms with van der Waals surface area (Å²) in [4.78, 5) is 5.56. The van der Waals surface area contributed by atoms with E-state index in [0.29, 0.717) is 23.1 Å². The minimum Gasteiger partial charge on any atom is -0.306 e. The molecular weight excluding hydrogens is 371 g/mol. The van der Waals surface area contributed by atoms with E-state index in [2.05, 4.69) is 10.3 Å². The maximum Gasteiger partial charge on any atom is 0.107 e. The molecule has 0 bridgehead atoms. The summed E-state index contributed by atoms with van der Waals surface area (Å²) >= 11 is 19.6. The first kappa shape index (κ1) is 16.7. The molecule has 0 aliphatic rings. The van der Waals surface area contributed by atoms with E-state index in [-0.39, 0.29) is 0 Å². The Bertz CT molecular complexity index is 817. The number of nitrogens with one attached hydrogen (secondary N) is 1. The van der Waals surface area contributed by atoms with Crippen LogP contribution in [0.1, 0.15) is 10.6 Å². The standard InChI is InChI=1S/C17H13Cl3N2S/c18-13-3-1-2-12(7-13)16-9-22-17(23-16)10-21-8-11-4-5-14(19)15(20)6-11/h1-7,9,21H,8,10H2. The van der Waals surface area contributed by atoms with Gasteiger partial charge >= 0.3 is 0 Å². The van der Waals surface area contributed by atoms with Gasteiger partial charge in [-0.1, -0.05) is 53.0 Å². The van der Waals surface area contributed by atoms with Crippen LogP contribution in [0, 0.1) is 0 Å². The highest BCUT2D eigenvalue weighted by atomic mass is 35.5. The van der Waals surface area contributed by atoms with E-state index in [4.69, 9.17) is 34.8 Å². The summed E-state index contributed by atoms with van der Waals surface area (Å²) in [6.07, 6.45) is 1.88. The van der Waals surface area contributed by atoms with E-state index in [9.17, 15) is 0 Å². The number of halogens is 3. The predicted molar refractivity (Wildman–Crippen MR) is 99.6 cm³/mol. The zero-order valence-corrected chi connectivity index (χ0v) is 15.1. The van der Waals surface area contributed by atoms with Crippen molar-refractivity contribution in [3.05, 3.63) is 74.3 Å². The molecule has 118 valence electrons. The molecule has 0 aliphatic heterocycles. The maximum atomic E-state index is 6.03. The number of thiazole rings is 1. The third-order valence-electron chi connectivity index (χ3n) is 3.25. The zero-order chi connectivity index (χ0) is 16.2. The Balaban J connectivity index is 1.60. The molecule has 3 rings (SSSR count). The number of benzene rings is 2. The highest BCUT2D eigenvalue weighted by Crippen LogP contribution is 2.28. The molecule has 2 nitrogen and oxygen atoms in total. The number of hydrogen-bond donors (Lipinski definition) is 1. The molecule has 0 unspecified atom stereocenters. The first-order chi connectivity index (χ1) is 11.1. The molecule has 0 fully saturated rings. The topological polar surface area (TPSA) is 24.9 Å². The van der Waals surface area contributed by atoms with Crippen molar-refractivity contribution >= 4 is 46.1 Å². The van der Waals surface area contributed by atoms with Gasteiger partial charge in [0.05, 0.1) is 14.9 Å². The molecule has 1 aromatic heterocycles. The third-order valence-corrected chi connectivity index (χ3v) is 5.27. The summed E-state index contributed by atoms with van der Waals surface area (Å²) in [5.41, 5.74) is 2.18. The van der Waals surface area contributed by atoms with Gasteiger partial charge in [-0.15, -0.1) is 11.3 Å². The Morgan fingerprint density at radius 3 is 2.61 bits per heavy atom. The smallest absolute Gasteiger partial charge is 0.107 e. The van der Waals surface area contributed by atoms with E-state index >= 15 is 0 Å². The highest BCUT2D eigenvalue weighted by molar-refractivity contribution is 7.15. The van der Waals surface area contributed by atoms with Gasteiger partial charge in [0.25, 0.3) is 0 Å². The van der Waals surface area contributed by atoms with Gasteiger partial charge in [0.2, 0.25) is 0 Å². The summed E-state index contributed by atoms with van der Waals surface area (Å²) in [5, 5.41) is 6.26. The monoisotopic (exact) mass is 382 g/mol. The fourth-order valence-electron chi connectivity index (χ4n) is 2.13. The van der Waals surface area contributed by atoms with Crippen LogP contribution in [-0.4, -0.2) is 4.98 Å². The summed E-state index contributed by atoms with van der Waals surface area (Å²) < 4.78 is 0. The van der Waals surface area contributed by atoms with E-state index in [1.165, 1.54) is 0 Å². The lowest BCUT2D eigenvalue weighted by Crippen LogP contribution is -2.12. The second kappa shape index (κ2) is 7.65. The minimum atomic E-state index is 0.571. The minimum absolute atomic E-state index is 0.571. The second-order valence-corrected chi connectivity index (χ2v) is 7.35. The van der Waals surface area contributed by atoms with Gasteiger partial charge in [0, 0.05) is 24.3 Å². The Hall–Kier alpha value is -1.10. The van der Waals surface area contributed by atoms with E-state index < -0.39 is 0 Å². The Kier molecular flexibility index (Phi) is 5.57. The van der Waals surface area contributed by atoms with Crippen molar-refractivity contribution in [2.45, 2.75) is 13.1 Å². The fraction of sp³-hybridized carbons (Fsp3) is 0.118. The lowest BCUT2D eigenvalue weighted by atomic mass is 10.2. The highest BCUT2D eigenvalue weighted by Gasteiger charge is 2.05. The van der Waals surface area contributed by atoms with Crippen LogP contribution in [-0.2, 0) is 13.1 Å². The van der Waals surface area contributed by atoms with E-state index in [0.717, 1.165) is 26.0 Å². The van der Waals surface area contributed by atoms with E-state index in [1.807, 2.05) is 48.7 Å². The van der Waals surface area contributed by atoms with Crippen molar-refractivity contribution in [1.29, 1.82) is 0 Å². The van der Waals surface area contributed by atoms with Gasteiger partial charge in [0.15, 0.2) is 0 Å². The molecule has 0 saturated heterocycles. The van der Waals surface area contributed by atoms with Crippen LogP contribution >= 0.6 is 46.1 Å². The summed E-state index contributed by atoms with van der Waals surface area (Å²) in [6, 6.07) is 13.4. The van der Waals surface area contributed by atoms with Crippen LogP contribution in [0.25, 0.3) is 10.4 Å². The number of rotatable bonds is 5. The normalized spacial score (nSPS) is 10.9. The van der Waals surface area contributed by atoms with Crippen molar-refractivity contribution in [2.75, 3.05) is 0 Å². The van der Waals surface area contributed by atoms with Crippen molar-refractivity contribution < 1.29 is 0 Å². The summed E-state index contributed by atoms with van der Waals surface area (Å²) in [5.74, 6) is 0. The van der Waals surface area contributed by atoms with Gasteiger partial charge in [-0.25, -0.2) is 4.98 Å². The lowest BCUT2D eigenvalue weighted by Gasteiger charge is -2.04. The molecule has 1 heterocycles. The third kappa shape index (κ3) is 4.46. The molecule has 2 aromatic carbocycles. The molecular formula is C17H13Cl3N2S. The van der Waals surface area contributed by atoms with E-state index in [1.54, 1.807) is 11.3 Å². The summed E-state index contributed by atoms with van der Waals surface area (Å²) in [7, 11) is 0. The van der Waals surface area contributed by atoms with Crippen molar-refractivity contribution in [3.8, 4) is 10.4 Å². The van der Waals surface area contributed by atoms with Crippen LogP contribution in [0.4, 0.5) is 0 Å². The number of nitrogens with zero attached hydrogens (tertiary/aromatic N) is 1. The molecule has 0 atom stereocenters. The average Bonchev–Trinajstić information content (AvgIpc) is 3.00. The second-order valence-electron chi connectivity index (χ2n) is 4.98. The van der Waals surface area contributed by atoms with Gasteiger partial charge in [-0.05, 0) is 35.4 Å². The largest absolute Gasteiger partial charge is 0.306 e. The average molecular weight is 384 g/mol. The van der Waals surface area contributed by atoms with Gasteiger partial charge in [-0.3, -0.25) is 0 Å². The Morgan fingerprint density at radius 1 is 0.957 bits per heavy atom. The molecule has 1 N–H and O–H groups in total. The van der Waals surface area contributed by atoms with Crippen molar-refractivity contribution in [3.63, 3.8) is 0 Å². The van der Waals surface area contributed by atoms with Crippen LogP contribution in [0.3, 0.4) is 0 Å². The Morgan fingerprint density at radius 2 is 1.83 bits per heavy atom. The van der Waals surface area contributed by atoms with Crippen LogP contribution in [0.15, 0.2) is 48.7 Å². The number of hydrogen-bond acceptors (Lipinski definition) is 3. The maximum absolute atomic E-state index is 6.03. The van der Waals surface area contributed by atoms with Crippen molar-refractivity contribution in [2.24, 2.45) is 0 Å². The molecule has 0 spiro atoms. The summed E-state index contributed by atoms with van der Waals surface area (Å²) in [6.45, 7) is 1.41. The zero-order valence-electron chi connectivity index (χ0n) is 12.0. The van der Waals surface area contributed by atoms with Crippen molar-refractivity contribution in [1.82, 2.24) is 10.3 Å². The SMILES string of the molecule is Clc1cccc(-c2cnc(CNCc3ccc(Cl)c(Cl)c3)s2)c1. The van der Waals surface area contributed by atoms with Gasteiger partial charge in [-0.2, -0.15) is 0 Å². The predicted octanol–water partition coefficient (Wildman–Crippen LogP) is 6.06. The lowest BCUT2D eigenvalue weighted by molar-refractivity contribution is 0.690. The molecule has 0 saturated carbocycles. The molecule has 0 aliphatic carbocycles. The molecule has 23 heavy (non-hydrogen) atoms. The van der Waals surface area contributed by atoms with Crippen LogP contribution in [0.2, 0.25) is 15.1 Å². The van der Waals surface area contributed by atoms with Gasteiger partial charge < -0.3 is 5.32 Å². The van der Waals surface area contributed by atoms with Gasteiger partial charge in [0.1, 0.15) is 5.01 Å². The molecule has 0 amide bonds. The number of aromatic nitrogens is 1. The first-order valence-electron chi connectivity index (χ1n) is 6.97. The Labute approximate surface area is 154 Å². The van der Waals surface area contributed by atoms with Crippen LogP contribution in [0.5, 0.6) is 0 Å². The molecule has 0 radical (unpaired) electrons.